The summed E-state index contributed by atoms with van der Waals surface area (Å²) in [6.45, 7) is 12.7. The van der Waals surface area contributed by atoms with Gasteiger partial charge >= 0.3 is 6.03 Å². The number of hydrogen-bond acceptors (Lipinski definition) is 4. The molecule has 0 unspecified atom stereocenters. The van der Waals surface area contributed by atoms with E-state index < -0.39 is 0 Å². The zero-order valence-electron chi connectivity index (χ0n) is 21.3. The van der Waals surface area contributed by atoms with Gasteiger partial charge in [-0.25, -0.2) is 9.31 Å². The van der Waals surface area contributed by atoms with Gasteiger partial charge in [0.15, 0.2) is 0 Å². The van der Waals surface area contributed by atoms with Crippen molar-refractivity contribution in [1.29, 1.82) is 0 Å². The van der Waals surface area contributed by atoms with Crippen LogP contribution in [0.3, 0.4) is 0 Å². The molecule has 1 N–H and O–H groups in total. The normalized spacial score (nSPS) is 19.5. The lowest BCUT2D eigenvalue weighted by molar-refractivity contribution is 0.167. The summed E-state index contributed by atoms with van der Waals surface area (Å²) in [5.74, 6) is 0.625. The Morgan fingerprint density at radius 2 is 1.83 bits per heavy atom. The molecule has 0 aliphatic carbocycles. The molecule has 0 spiro atoms. The Morgan fingerprint density at radius 1 is 1.06 bits per heavy atom. The van der Waals surface area contributed by atoms with E-state index >= 15 is 0 Å². The van der Waals surface area contributed by atoms with Crippen LogP contribution in [-0.4, -0.2) is 77.3 Å². The minimum absolute atomic E-state index is 0.0329. The predicted octanol–water partition coefficient (Wildman–Crippen LogP) is 4.44. The molecule has 2 aliphatic heterocycles. The number of nitrogens with one attached hydrogen (secondary N) is 1. The summed E-state index contributed by atoms with van der Waals surface area (Å²) < 4.78 is 1.98. The van der Waals surface area contributed by atoms with E-state index in [0.717, 1.165) is 38.2 Å². The number of amides is 2. The highest BCUT2D eigenvalue weighted by atomic mass is 16.2. The van der Waals surface area contributed by atoms with Crippen molar-refractivity contribution in [3.05, 3.63) is 54.4 Å². The van der Waals surface area contributed by atoms with Gasteiger partial charge in [0.2, 0.25) is 0 Å². The molecule has 1 aromatic carbocycles. The number of rotatable bonds is 5. The number of piperidine rings is 1. The maximum Gasteiger partial charge on any atom is 0.317 e. The molecule has 3 aromatic rings. The van der Waals surface area contributed by atoms with Crippen molar-refractivity contribution in [2.24, 2.45) is 0 Å². The Labute approximate surface area is 208 Å². The fraction of sp³-hybridized carbons (Fsp3) is 0.500. The van der Waals surface area contributed by atoms with Gasteiger partial charge in [-0.15, -0.1) is 0 Å². The second kappa shape index (κ2) is 10.3. The smallest absolute Gasteiger partial charge is 0.317 e. The van der Waals surface area contributed by atoms with Crippen LogP contribution in [-0.2, 0) is 0 Å². The van der Waals surface area contributed by atoms with Gasteiger partial charge in [0, 0.05) is 63.3 Å². The molecule has 35 heavy (non-hydrogen) atoms. The van der Waals surface area contributed by atoms with Crippen LogP contribution in [0.4, 0.5) is 10.5 Å². The third-order valence-corrected chi connectivity index (χ3v) is 7.62. The molecule has 4 heterocycles. The van der Waals surface area contributed by atoms with Gasteiger partial charge in [0.05, 0.1) is 11.2 Å². The third kappa shape index (κ3) is 5.01. The molecule has 1 atom stereocenters. The Bertz CT molecular complexity index is 1150. The first-order chi connectivity index (χ1) is 17.0. The van der Waals surface area contributed by atoms with Crippen molar-refractivity contribution in [2.45, 2.75) is 45.6 Å². The largest absolute Gasteiger partial charge is 0.366 e. The fourth-order valence-corrected chi connectivity index (χ4v) is 5.53. The standard InChI is InChI=1S/C28H38N6O/c1-4-29-28(35)32-16-14-31(15-17-32)26-11-12-30-34-20-25(18-27(26)34)23-9-7-22(8-10-23)24-6-5-13-33(19-24)21(2)3/h7-12,18,20-21,24H,4-6,13-17,19H2,1-3H3,(H,29,35)/t24-/m1/s1. The second-order valence-electron chi connectivity index (χ2n) is 10.1. The number of nitrogens with zero attached hydrogens (tertiary/aromatic N) is 5. The highest BCUT2D eigenvalue weighted by Gasteiger charge is 2.24. The van der Waals surface area contributed by atoms with Gasteiger partial charge in [0.1, 0.15) is 0 Å². The van der Waals surface area contributed by atoms with Gasteiger partial charge in [0.25, 0.3) is 0 Å². The zero-order valence-corrected chi connectivity index (χ0v) is 21.3. The van der Waals surface area contributed by atoms with Crippen molar-refractivity contribution < 1.29 is 4.79 Å². The third-order valence-electron chi connectivity index (χ3n) is 7.62. The van der Waals surface area contributed by atoms with E-state index in [1.54, 1.807) is 0 Å². The van der Waals surface area contributed by atoms with Gasteiger partial charge < -0.3 is 20.0 Å². The Morgan fingerprint density at radius 3 is 2.54 bits per heavy atom. The molecular formula is C28H38N6O. The van der Waals surface area contributed by atoms with Gasteiger partial charge in [-0.3, -0.25) is 0 Å². The number of aromatic nitrogens is 2. The van der Waals surface area contributed by atoms with E-state index in [1.165, 1.54) is 41.8 Å². The van der Waals surface area contributed by atoms with Crippen molar-refractivity contribution in [2.75, 3.05) is 50.7 Å². The molecule has 2 aliphatic rings. The van der Waals surface area contributed by atoms with Crippen molar-refractivity contribution in [1.82, 2.24) is 24.7 Å². The number of benzene rings is 1. The van der Waals surface area contributed by atoms with Crippen LogP contribution >= 0.6 is 0 Å². The van der Waals surface area contributed by atoms with Crippen molar-refractivity contribution in [3.63, 3.8) is 0 Å². The van der Waals surface area contributed by atoms with E-state index in [4.69, 9.17) is 0 Å². The van der Waals surface area contributed by atoms with Crippen molar-refractivity contribution in [3.8, 4) is 11.1 Å². The number of carbonyl (C=O) groups excluding carboxylic acids is 1. The zero-order chi connectivity index (χ0) is 24.4. The number of hydrogen-bond donors (Lipinski definition) is 1. The van der Waals surface area contributed by atoms with Crippen LogP contribution in [0.1, 0.15) is 45.1 Å². The molecule has 2 fully saturated rings. The topological polar surface area (TPSA) is 56.1 Å². The van der Waals surface area contributed by atoms with Gasteiger partial charge in [-0.1, -0.05) is 24.3 Å². The van der Waals surface area contributed by atoms with Crippen molar-refractivity contribution >= 4 is 17.2 Å². The van der Waals surface area contributed by atoms with Crippen LogP contribution < -0.4 is 10.2 Å². The van der Waals surface area contributed by atoms with E-state index in [1.807, 2.05) is 22.5 Å². The maximum atomic E-state index is 12.2. The maximum absolute atomic E-state index is 12.2. The number of likely N-dealkylation sites (tertiary alicyclic amines) is 1. The number of anilines is 1. The summed E-state index contributed by atoms with van der Waals surface area (Å²) in [7, 11) is 0. The molecule has 2 amide bonds. The lowest BCUT2D eigenvalue weighted by atomic mass is 9.89. The molecule has 0 radical (unpaired) electrons. The Kier molecular flexibility index (Phi) is 6.95. The number of urea groups is 1. The summed E-state index contributed by atoms with van der Waals surface area (Å²) in [4.78, 5) is 19.0. The first kappa shape index (κ1) is 23.7. The fourth-order valence-electron chi connectivity index (χ4n) is 5.53. The molecule has 7 nitrogen and oxygen atoms in total. The average molecular weight is 475 g/mol. The molecule has 0 saturated carbocycles. The summed E-state index contributed by atoms with van der Waals surface area (Å²) in [5.41, 5.74) is 6.15. The molecular weight excluding hydrogens is 436 g/mol. The molecule has 5 rings (SSSR count). The number of fused-ring (bicyclic) bond motifs is 1. The highest BCUT2D eigenvalue weighted by Crippen LogP contribution is 2.32. The summed E-state index contributed by atoms with van der Waals surface area (Å²) in [6.07, 6.45) is 6.55. The van der Waals surface area contributed by atoms with Crippen LogP contribution in [0.25, 0.3) is 16.6 Å². The summed E-state index contributed by atoms with van der Waals surface area (Å²) in [6, 6.07) is 14.2. The van der Waals surface area contributed by atoms with E-state index in [2.05, 4.69) is 76.7 Å². The monoisotopic (exact) mass is 474 g/mol. The van der Waals surface area contributed by atoms with Crippen LogP contribution in [0.2, 0.25) is 0 Å². The van der Waals surface area contributed by atoms with Crippen LogP contribution in [0.15, 0.2) is 48.8 Å². The first-order valence-corrected chi connectivity index (χ1v) is 13.1. The molecule has 2 saturated heterocycles. The lowest BCUT2D eigenvalue weighted by Crippen LogP contribution is -2.51. The quantitative estimate of drug-likeness (QED) is 0.594. The first-order valence-electron chi connectivity index (χ1n) is 13.1. The predicted molar refractivity (Wildman–Crippen MR) is 142 cm³/mol. The minimum Gasteiger partial charge on any atom is -0.366 e. The van der Waals surface area contributed by atoms with Gasteiger partial charge in [-0.2, -0.15) is 5.10 Å². The number of carbonyl (C=O) groups is 1. The lowest BCUT2D eigenvalue weighted by Gasteiger charge is -2.36. The molecule has 0 bridgehead atoms. The molecule has 186 valence electrons. The highest BCUT2D eigenvalue weighted by molar-refractivity contribution is 5.80. The van der Waals surface area contributed by atoms with E-state index in [9.17, 15) is 4.79 Å². The van der Waals surface area contributed by atoms with Crippen LogP contribution in [0, 0.1) is 0 Å². The summed E-state index contributed by atoms with van der Waals surface area (Å²) >= 11 is 0. The van der Waals surface area contributed by atoms with Crippen LogP contribution in [0.5, 0.6) is 0 Å². The van der Waals surface area contributed by atoms with Gasteiger partial charge in [-0.05, 0) is 69.3 Å². The number of piperazine rings is 1. The average Bonchev–Trinajstić information content (AvgIpc) is 3.34. The molecule has 7 heteroatoms. The SMILES string of the molecule is CCNC(=O)N1CCN(c2ccnn3cc(-c4ccc([C@@H]5CCCN(C(C)C)C5)cc4)cc23)CC1. The minimum atomic E-state index is 0.0329. The summed E-state index contributed by atoms with van der Waals surface area (Å²) in [5, 5.41) is 7.48. The second-order valence-corrected chi connectivity index (χ2v) is 10.1. The Hall–Kier alpha value is -3.06. The molecule has 2 aromatic heterocycles. The van der Waals surface area contributed by atoms with E-state index in [0.29, 0.717) is 18.5 Å². The van der Waals surface area contributed by atoms with E-state index in [-0.39, 0.29) is 6.03 Å². The Balaban J connectivity index is 1.32.